The Morgan fingerprint density at radius 1 is 1.29 bits per heavy atom. The predicted octanol–water partition coefficient (Wildman–Crippen LogP) is 3.56. The van der Waals surface area contributed by atoms with E-state index in [1.54, 1.807) is 12.1 Å². The molecule has 0 aliphatic heterocycles. The highest BCUT2D eigenvalue weighted by atomic mass is 19.1. The van der Waals surface area contributed by atoms with Gasteiger partial charge >= 0.3 is 0 Å². The monoisotopic (exact) mass is 235 g/mol. The molecule has 0 heterocycles. The molecule has 0 amide bonds. The van der Waals surface area contributed by atoms with Gasteiger partial charge in [0.2, 0.25) is 0 Å². The van der Waals surface area contributed by atoms with E-state index in [9.17, 15) is 4.39 Å². The molecule has 1 fully saturated rings. The lowest BCUT2D eigenvalue weighted by Crippen LogP contribution is -2.26. The van der Waals surface area contributed by atoms with Gasteiger partial charge < -0.3 is 5.32 Å². The van der Waals surface area contributed by atoms with Crippen LogP contribution in [0.25, 0.3) is 0 Å². The van der Waals surface area contributed by atoms with Gasteiger partial charge in [-0.1, -0.05) is 45.9 Å². The van der Waals surface area contributed by atoms with Gasteiger partial charge in [-0.25, -0.2) is 4.39 Å². The fourth-order valence-corrected chi connectivity index (χ4v) is 2.83. The third kappa shape index (κ3) is 2.37. The van der Waals surface area contributed by atoms with E-state index < -0.39 is 0 Å². The van der Waals surface area contributed by atoms with Crippen LogP contribution in [0.2, 0.25) is 0 Å². The van der Waals surface area contributed by atoms with Gasteiger partial charge in [0.15, 0.2) is 0 Å². The zero-order valence-corrected chi connectivity index (χ0v) is 11.1. The summed E-state index contributed by atoms with van der Waals surface area (Å²) in [5.74, 6) is 0.842. The van der Waals surface area contributed by atoms with Gasteiger partial charge in [-0.3, -0.25) is 0 Å². The van der Waals surface area contributed by atoms with Gasteiger partial charge in [-0.15, -0.1) is 0 Å². The van der Waals surface area contributed by atoms with E-state index >= 15 is 0 Å². The molecule has 1 aliphatic carbocycles. The number of hydrogen-bond acceptors (Lipinski definition) is 1. The van der Waals surface area contributed by atoms with Crippen molar-refractivity contribution < 1.29 is 4.39 Å². The van der Waals surface area contributed by atoms with Crippen LogP contribution in [-0.4, -0.2) is 12.6 Å². The third-order valence-electron chi connectivity index (χ3n) is 4.04. The molecule has 1 saturated carbocycles. The maximum atomic E-state index is 13.8. The van der Waals surface area contributed by atoms with Gasteiger partial charge in [0.05, 0.1) is 0 Å². The number of halogens is 1. The van der Waals surface area contributed by atoms with E-state index in [1.807, 2.05) is 12.1 Å². The first-order valence-electron chi connectivity index (χ1n) is 6.42. The first-order chi connectivity index (χ1) is 7.94. The molecule has 2 unspecified atom stereocenters. The van der Waals surface area contributed by atoms with Gasteiger partial charge in [0.1, 0.15) is 5.82 Å². The molecule has 1 aliphatic rings. The maximum absolute atomic E-state index is 13.8. The highest BCUT2D eigenvalue weighted by Crippen LogP contribution is 2.64. The van der Waals surface area contributed by atoms with Gasteiger partial charge in [0.25, 0.3) is 0 Å². The lowest BCUT2D eigenvalue weighted by Gasteiger charge is -2.08. The molecule has 0 saturated heterocycles. The van der Waals surface area contributed by atoms with Crippen molar-refractivity contribution in [1.82, 2.24) is 5.32 Å². The second-order valence-electron chi connectivity index (χ2n) is 5.99. The van der Waals surface area contributed by atoms with Crippen LogP contribution < -0.4 is 5.32 Å². The van der Waals surface area contributed by atoms with Crippen molar-refractivity contribution in [2.75, 3.05) is 6.54 Å². The van der Waals surface area contributed by atoms with Gasteiger partial charge in [-0.2, -0.15) is 0 Å². The zero-order valence-electron chi connectivity index (χ0n) is 11.1. The summed E-state index contributed by atoms with van der Waals surface area (Å²) in [6.45, 7) is 9.73. The van der Waals surface area contributed by atoms with Crippen LogP contribution in [0.5, 0.6) is 0 Å². The Kier molecular flexibility index (Phi) is 3.26. The molecule has 1 aromatic rings. The van der Waals surface area contributed by atoms with E-state index in [2.05, 4.69) is 33.0 Å². The zero-order chi connectivity index (χ0) is 12.6. The summed E-state index contributed by atoms with van der Waals surface area (Å²) >= 11 is 0. The summed E-state index contributed by atoms with van der Waals surface area (Å²) < 4.78 is 13.8. The number of nitrogens with one attached hydrogen (secondary N) is 1. The highest BCUT2D eigenvalue weighted by Gasteiger charge is 2.58. The Morgan fingerprint density at radius 3 is 2.53 bits per heavy atom. The molecule has 2 atom stereocenters. The minimum absolute atomic E-state index is 0.0578. The summed E-state index contributed by atoms with van der Waals surface area (Å²) in [4.78, 5) is 0. The molecule has 94 valence electrons. The number of hydrogen-bond donors (Lipinski definition) is 1. The summed E-state index contributed by atoms with van der Waals surface area (Å²) in [5, 5.41) is 3.46. The standard InChI is InChI=1S/C15H22FN/c1-10(2)17-9-12-14(15(12,3)4)11-7-5-6-8-13(11)16/h5-8,10,12,14,17H,9H2,1-4H3. The molecule has 0 bridgehead atoms. The second kappa shape index (κ2) is 4.41. The fraction of sp³-hybridized carbons (Fsp3) is 0.600. The Morgan fingerprint density at radius 2 is 1.94 bits per heavy atom. The van der Waals surface area contributed by atoms with Crippen LogP contribution in [0.15, 0.2) is 24.3 Å². The quantitative estimate of drug-likeness (QED) is 0.841. The van der Waals surface area contributed by atoms with Crippen LogP contribution >= 0.6 is 0 Å². The SMILES string of the molecule is CC(C)NCC1C(c2ccccc2F)C1(C)C. The number of benzene rings is 1. The Labute approximate surface area is 103 Å². The Balaban J connectivity index is 2.10. The predicted molar refractivity (Wildman–Crippen MR) is 69.6 cm³/mol. The molecular formula is C15H22FN. The highest BCUT2D eigenvalue weighted by molar-refractivity contribution is 5.33. The van der Waals surface area contributed by atoms with E-state index in [4.69, 9.17) is 0 Å². The molecule has 2 rings (SSSR count). The lowest BCUT2D eigenvalue weighted by molar-refractivity contribution is 0.491. The topological polar surface area (TPSA) is 12.0 Å². The first kappa shape index (κ1) is 12.6. The molecule has 0 aromatic heterocycles. The third-order valence-corrected chi connectivity index (χ3v) is 4.04. The van der Waals surface area contributed by atoms with Crippen LogP contribution in [-0.2, 0) is 0 Å². The van der Waals surface area contributed by atoms with E-state index in [-0.39, 0.29) is 11.2 Å². The molecule has 0 radical (unpaired) electrons. The van der Waals surface area contributed by atoms with Crippen molar-refractivity contribution in [2.24, 2.45) is 11.3 Å². The van der Waals surface area contributed by atoms with Crippen LogP contribution in [0.3, 0.4) is 0 Å². The fourth-order valence-electron chi connectivity index (χ4n) is 2.83. The normalized spacial score (nSPS) is 26.2. The molecule has 1 nitrogen and oxygen atoms in total. The Hall–Kier alpha value is -0.890. The summed E-state index contributed by atoms with van der Waals surface area (Å²) in [6.07, 6.45) is 0. The molecule has 1 N–H and O–H groups in total. The van der Waals surface area contributed by atoms with E-state index in [1.165, 1.54) is 0 Å². The Bertz CT molecular complexity index is 398. The largest absolute Gasteiger partial charge is 0.314 e. The van der Waals surface area contributed by atoms with Crippen LogP contribution in [0.1, 0.15) is 39.2 Å². The minimum Gasteiger partial charge on any atom is -0.314 e. The molecule has 17 heavy (non-hydrogen) atoms. The van der Waals surface area contributed by atoms with Crippen LogP contribution in [0, 0.1) is 17.2 Å². The van der Waals surface area contributed by atoms with Crippen molar-refractivity contribution >= 4 is 0 Å². The van der Waals surface area contributed by atoms with E-state index in [0.29, 0.717) is 17.9 Å². The van der Waals surface area contributed by atoms with Gasteiger partial charge in [-0.05, 0) is 35.4 Å². The lowest BCUT2D eigenvalue weighted by atomic mass is 10.0. The minimum atomic E-state index is -0.0578. The van der Waals surface area contributed by atoms with Gasteiger partial charge in [0, 0.05) is 6.04 Å². The maximum Gasteiger partial charge on any atom is 0.126 e. The van der Waals surface area contributed by atoms with Crippen molar-refractivity contribution in [1.29, 1.82) is 0 Å². The second-order valence-corrected chi connectivity index (χ2v) is 5.99. The molecule has 1 aromatic carbocycles. The van der Waals surface area contributed by atoms with E-state index in [0.717, 1.165) is 12.1 Å². The first-order valence-corrected chi connectivity index (χ1v) is 6.42. The average Bonchev–Trinajstić information content (AvgIpc) is 2.78. The van der Waals surface area contributed by atoms with Crippen molar-refractivity contribution in [3.05, 3.63) is 35.6 Å². The van der Waals surface area contributed by atoms with Crippen molar-refractivity contribution in [3.8, 4) is 0 Å². The molecular weight excluding hydrogens is 213 g/mol. The smallest absolute Gasteiger partial charge is 0.126 e. The molecule has 0 spiro atoms. The molecule has 2 heteroatoms. The van der Waals surface area contributed by atoms with Crippen LogP contribution in [0.4, 0.5) is 4.39 Å². The summed E-state index contributed by atoms with van der Waals surface area (Å²) in [5.41, 5.74) is 1.09. The average molecular weight is 235 g/mol. The summed E-state index contributed by atoms with van der Waals surface area (Å²) in [6, 6.07) is 7.68. The van der Waals surface area contributed by atoms with Crippen molar-refractivity contribution in [3.63, 3.8) is 0 Å². The summed E-state index contributed by atoms with van der Waals surface area (Å²) in [7, 11) is 0. The number of rotatable bonds is 4. The van der Waals surface area contributed by atoms with Crippen molar-refractivity contribution in [2.45, 2.75) is 39.7 Å².